The van der Waals surface area contributed by atoms with Gasteiger partial charge in [-0.25, -0.2) is 9.37 Å². The highest BCUT2D eigenvalue weighted by atomic mass is 19.1. The van der Waals surface area contributed by atoms with Crippen LogP contribution in [0.4, 0.5) is 4.39 Å². The van der Waals surface area contributed by atoms with Gasteiger partial charge in [-0.1, -0.05) is 43.2 Å². The molecule has 0 aliphatic heterocycles. The van der Waals surface area contributed by atoms with Gasteiger partial charge in [0.15, 0.2) is 0 Å². The average Bonchev–Trinajstić information content (AvgIpc) is 3.38. The van der Waals surface area contributed by atoms with E-state index in [0.717, 1.165) is 24.0 Å². The number of rotatable bonds is 6. The molecule has 4 rings (SSSR count). The minimum Gasteiger partial charge on any atom is -0.441 e. The van der Waals surface area contributed by atoms with E-state index >= 15 is 0 Å². The minimum absolute atomic E-state index is 0.0952. The van der Waals surface area contributed by atoms with Crippen molar-refractivity contribution in [2.24, 2.45) is 5.92 Å². The zero-order chi connectivity index (χ0) is 20.2. The average molecular weight is 392 g/mol. The molecular formula is C24H25FN2O2. The van der Waals surface area contributed by atoms with Crippen molar-refractivity contribution in [2.45, 2.75) is 45.1 Å². The van der Waals surface area contributed by atoms with Gasteiger partial charge in [0, 0.05) is 5.56 Å². The van der Waals surface area contributed by atoms with Gasteiger partial charge in [-0.2, -0.15) is 0 Å². The molecule has 29 heavy (non-hydrogen) atoms. The van der Waals surface area contributed by atoms with Gasteiger partial charge in [0.1, 0.15) is 11.6 Å². The van der Waals surface area contributed by atoms with Crippen molar-refractivity contribution in [1.29, 1.82) is 0 Å². The molecule has 150 valence electrons. The van der Waals surface area contributed by atoms with Crippen LogP contribution in [0.15, 0.2) is 59.0 Å². The van der Waals surface area contributed by atoms with Gasteiger partial charge >= 0.3 is 0 Å². The largest absolute Gasteiger partial charge is 0.441 e. The van der Waals surface area contributed by atoms with Crippen LogP contribution in [0, 0.1) is 18.7 Å². The Balaban J connectivity index is 1.49. The monoisotopic (exact) mass is 392 g/mol. The molecule has 0 bridgehead atoms. The van der Waals surface area contributed by atoms with Crippen LogP contribution < -0.4 is 5.32 Å². The first-order valence-corrected chi connectivity index (χ1v) is 10.2. The third kappa shape index (κ3) is 4.56. The number of carbonyl (C=O) groups excluding carboxylic acids is 1. The van der Waals surface area contributed by atoms with E-state index in [4.69, 9.17) is 4.42 Å². The molecule has 3 aromatic rings. The Kier molecular flexibility index (Phi) is 5.74. The summed E-state index contributed by atoms with van der Waals surface area (Å²) in [6, 6.07) is 16.0. The highest BCUT2D eigenvalue weighted by Crippen LogP contribution is 2.36. The van der Waals surface area contributed by atoms with Crippen molar-refractivity contribution in [3.63, 3.8) is 0 Å². The van der Waals surface area contributed by atoms with Crippen LogP contribution in [0.5, 0.6) is 0 Å². The van der Waals surface area contributed by atoms with E-state index in [-0.39, 0.29) is 24.2 Å². The molecule has 1 N–H and O–H groups in total. The second-order valence-electron chi connectivity index (χ2n) is 7.71. The summed E-state index contributed by atoms with van der Waals surface area (Å²) >= 11 is 0. The summed E-state index contributed by atoms with van der Waals surface area (Å²) in [6.07, 6.45) is 4.64. The molecule has 1 aliphatic carbocycles. The molecule has 0 spiro atoms. The Hall–Kier alpha value is -2.95. The van der Waals surface area contributed by atoms with E-state index in [0.29, 0.717) is 23.3 Å². The maximum Gasteiger partial charge on any atom is 0.226 e. The summed E-state index contributed by atoms with van der Waals surface area (Å²) in [5.74, 6) is 1.19. The molecule has 5 heteroatoms. The first kappa shape index (κ1) is 19.4. The van der Waals surface area contributed by atoms with Gasteiger partial charge in [-0.3, -0.25) is 4.79 Å². The van der Waals surface area contributed by atoms with Crippen molar-refractivity contribution < 1.29 is 13.6 Å². The number of halogens is 1. The van der Waals surface area contributed by atoms with E-state index < -0.39 is 0 Å². The first-order chi connectivity index (χ1) is 14.1. The molecule has 1 saturated carbocycles. The number of nitrogens with one attached hydrogen (secondary N) is 1. The highest BCUT2D eigenvalue weighted by Gasteiger charge is 2.28. The topological polar surface area (TPSA) is 55.1 Å². The van der Waals surface area contributed by atoms with E-state index in [1.165, 1.54) is 25.0 Å². The van der Waals surface area contributed by atoms with Crippen molar-refractivity contribution >= 4 is 5.91 Å². The Morgan fingerprint density at radius 1 is 1.14 bits per heavy atom. The van der Waals surface area contributed by atoms with Gasteiger partial charge in [0.25, 0.3) is 0 Å². The number of hydrogen-bond donors (Lipinski definition) is 1. The fraction of sp³-hybridized carbons (Fsp3) is 0.333. The van der Waals surface area contributed by atoms with Crippen LogP contribution >= 0.6 is 0 Å². The molecule has 4 nitrogen and oxygen atoms in total. The number of hydrogen-bond acceptors (Lipinski definition) is 3. The molecule has 1 fully saturated rings. The van der Waals surface area contributed by atoms with E-state index in [1.807, 2.05) is 37.3 Å². The Labute approximate surface area is 170 Å². The third-order valence-electron chi connectivity index (χ3n) is 5.66. The second kappa shape index (κ2) is 8.60. The number of carbonyl (C=O) groups is 1. The summed E-state index contributed by atoms with van der Waals surface area (Å²) in [5, 5.41) is 3.18. The van der Waals surface area contributed by atoms with Gasteiger partial charge in [-0.15, -0.1) is 0 Å². The molecule has 1 amide bonds. The molecular weight excluding hydrogens is 367 g/mol. The van der Waals surface area contributed by atoms with Crippen LogP contribution in [0.25, 0.3) is 11.5 Å². The van der Waals surface area contributed by atoms with Crippen LogP contribution in [-0.4, -0.2) is 10.9 Å². The molecule has 2 aromatic carbocycles. The van der Waals surface area contributed by atoms with Crippen molar-refractivity contribution in [2.75, 3.05) is 0 Å². The summed E-state index contributed by atoms with van der Waals surface area (Å²) in [4.78, 5) is 17.4. The smallest absolute Gasteiger partial charge is 0.226 e. The summed E-state index contributed by atoms with van der Waals surface area (Å²) in [7, 11) is 0. The Morgan fingerprint density at radius 2 is 1.83 bits per heavy atom. The molecule has 1 heterocycles. The first-order valence-electron chi connectivity index (χ1n) is 10.2. The molecule has 1 atom stereocenters. The highest BCUT2D eigenvalue weighted by molar-refractivity contribution is 5.79. The van der Waals surface area contributed by atoms with Crippen LogP contribution in [0.1, 0.15) is 48.7 Å². The van der Waals surface area contributed by atoms with Crippen LogP contribution in [0.3, 0.4) is 0 Å². The number of aryl methyl sites for hydroxylation is 1. The van der Waals surface area contributed by atoms with Crippen molar-refractivity contribution in [3.8, 4) is 11.5 Å². The number of nitrogens with zero attached hydrogens (tertiary/aromatic N) is 1. The standard InChI is InChI=1S/C24H25FN2O2/c1-16-21(26-24(29-16)19-9-3-2-4-10-19)15-22(28)27-23(17-7-5-6-8-17)18-11-13-20(25)14-12-18/h2-4,9-14,17,23H,5-8,15H2,1H3,(H,27,28)/t23-/m0/s1. The lowest BCUT2D eigenvalue weighted by Gasteiger charge is -2.25. The number of oxazole rings is 1. The summed E-state index contributed by atoms with van der Waals surface area (Å²) in [5.41, 5.74) is 2.48. The third-order valence-corrected chi connectivity index (χ3v) is 5.66. The zero-order valence-electron chi connectivity index (χ0n) is 16.5. The summed E-state index contributed by atoms with van der Waals surface area (Å²) in [6.45, 7) is 1.83. The van der Waals surface area contributed by atoms with E-state index in [9.17, 15) is 9.18 Å². The molecule has 1 aromatic heterocycles. The van der Waals surface area contributed by atoms with E-state index in [2.05, 4.69) is 10.3 Å². The maximum atomic E-state index is 13.4. The lowest BCUT2D eigenvalue weighted by molar-refractivity contribution is -0.121. The predicted octanol–water partition coefficient (Wildman–Crippen LogP) is 5.38. The van der Waals surface area contributed by atoms with Gasteiger partial charge in [-0.05, 0) is 55.5 Å². The number of aromatic nitrogens is 1. The fourth-order valence-electron chi connectivity index (χ4n) is 4.11. The van der Waals surface area contributed by atoms with Crippen LogP contribution in [0.2, 0.25) is 0 Å². The summed E-state index contributed by atoms with van der Waals surface area (Å²) < 4.78 is 19.1. The SMILES string of the molecule is Cc1oc(-c2ccccc2)nc1CC(=O)N[C@H](c1ccc(F)cc1)C1CCCC1. The van der Waals surface area contributed by atoms with Crippen molar-refractivity contribution in [1.82, 2.24) is 10.3 Å². The minimum atomic E-state index is -0.267. The fourth-order valence-corrected chi connectivity index (χ4v) is 4.11. The Morgan fingerprint density at radius 3 is 2.52 bits per heavy atom. The predicted molar refractivity (Wildman–Crippen MR) is 110 cm³/mol. The molecule has 0 saturated heterocycles. The number of benzene rings is 2. The lowest BCUT2D eigenvalue weighted by Crippen LogP contribution is -2.34. The van der Waals surface area contributed by atoms with Gasteiger partial charge in [0.2, 0.25) is 11.8 Å². The number of amides is 1. The maximum absolute atomic E-state index is 13.4. The van der Waals surface area contributed by atoms with Crippen LogP contribution in [-0.2, 0) is 11.2 Å². The van der Waals surface area contributed by atoms with Gasteiger partial charge in [0.05, 0.1) is 18.2 Å². The second-order valence-corrected chi connectivity index (χ2v) is 7.71. The zero-order valence-corrected chi connectivity index (χ0v) is 16.5. The lowest BCUT2D eigenvalue weighted by atomic mass is 9.91. The molecule has 1 aliphatic rings. The normalized spacial score (nSPS) is 15.4. The van der Waals surface area contributed by atoms with Crippen molar-refractivity contribution in [3.05, 3.63) is 77.4 Å². The Bertz CT molecular complexity index is 960. The molecule has 0 unspecified atom stereocenters. The molecule has 0 radical (unpaired) electrons. The van der Waals surface area contributed by atoms with Gasteiger partial charge < -0.3 is 9.73 Å². The van der Waals surface area contributed by atoms with E-state index in [1.54, 1.807) is 12.1 Å². The quantitative estimate of drug-likeness (QED) is 0.613.